The SMILES string of the molecule is CCNc1nc(-c2ccc(Cl)c(Cl)c2)nc(C)c1F. The van der Waals surface area contributed by atoms with E-state index >= 15 is 0 Å². The summed E-state index contributed by atoms with van der Waals surface area (Å²) in [5, 5.41) is 3.73. The Labute approximate surface area is 120 Å². The van der Waals surface area contributed by atoms with Crippen LogP contribution in [0.4, 0.5) is 10.2 Å². The second-order valence-corrected chi connectivity index (χ2v) is 4.77. The van der Waals surface area contributed by atoms with Gasteiger partial charge >= 0.3 is 0 Å². The Morgan fingerprint density at radius 2 is 1.95 bits per heavy atom. The van der Waals surface area contributed by atoms with Gasteiger partial charge in [0, 0.05) is 12.1 Å². The Kier molecular flexibility index (Phi) is 4.22. The summed E-state index contributed by atoms with van der Waals surface area (Å²) in [6.45, 7) is 4.04. The van der Waals surface area contributed by atoms with Crippen molar-refractivity contribution < 1.29 is 4.39 Å². The molecule has 0 saturated carbocycles. The molecule has 0 fully saturated rings. The van der Waals surface area contributed by atoms with Gasteiger partial charge in [0.05, 0.1) is 15.7 Å². The molecule has 1 aromatic heterocycles. The average Bonchev–Trinajstić information content (AvgIpc) is 2.38. The minimum absolute atomic E-state index is 0.191. The monoisotopic (exact) mass is 299 g/mol. The molecule has 19 heavy (non-hydrogen) atoms. The molecular formula is C13H12Cl2FN3. The Bertz CT molecular complexity index is 617. The van der Waals surface area contributed by atoms with Crippen molar-refractivity contribution in [3.63, 3.8) is 0 Å². The predicted octanol–water partition coefficient (Wildman–Crippen LogP) is 4.33. The van der Waals surface area contributed by atoms with E-state index in [-0.39, 0.29) is 11.5 Å². The lowest BCUT2D eigenvalue weighted by Crippen LogP contribution is -2.06. The van der Waals surface area contributed by atoms with E-state index in [4.69, 9.17) is 23.2 Å². The lowest BCUT2D eigenvalue weighted by atomic mass is 10.2. The number of rotatable bonds is 3. The summed E-state index contributed by atoms with van der Waals surface area (Å²) >= 11 is 11.8. The summed E-state index contributed by atoms with van der Waals surface area (Å²) in [4.78, 5) is 8.29. The molecule has 0 unspecified atom stereocenters. The van der Waals surface area contributed by atoms with E-state index in [0.29, 0.717) is 28.0 Å². The van der Waals surface area contributed by atoms with Gasteiger partial charge in [0.25, 0.3) is 0 Å². The van der Waals surface area contributed by atoms with Gasteiger partial charge in [-0.25, -0.2) is 14.4 Å². The lowest BCUT2D eigenvalue weighted by Gasteiger charge is -2.09. The third kappa shape index (κ3) is 2.96. The number of hydrogen-bond acceptors (Lipinski definition) is 3. The molecule has 0 spiro atoms. The second kappa shape index (κ2) is 5.72. The van der Waals surface area contributed by atoms with Gasteiger partial charge in [-0.15, -0.1) is 0 Å². The molecule has 0 bridgehead atoms. The molecule has 0 amide bonds. The first kappa shape index (κ1) is 14.0. The van der Waals surface area contributed by atoms with Crippen LogP contribution in [-0.2, 0) is 0 Å². The van der Waals surface area contributed by atoms with E-state index < -0.39 is 5.82 Å². The van der Waals surface area contributed by atoms with Crippen LogP contribution in [0, 0.1) is 12.7 Å². The van der Waals surface area contributed by atoms with Crippen LogP contribution in [0.5, 0.6) is 0 Å². The first-order valence-corrected chi connectivity index (χ1v) is 6.52. The number of nitrogens with zero attached hydrogens (tertiary/aromatic N) is 2. The smallest absolute Gasteiger partial charge is 0.186 e. The van der Waals surface area contributed by atoms with Crippen LogP contribution in [0.25, 0.3) is 11.4 Å². The third-order valence-electron chi connectivity index (χ3n) is 2.54. The van der Waals surface area contributed by atoms with Crippen molar-refractivity contribution in [3.8, 4) is 11.4 Å². The molecule has 1 N–H and O–H groups in total. The summed E-state index contributed by atoms with van der Waals surface area (Å²) in [6.07, 6.45) is 0. The van der Waals surface area contributed by atoms with E-state index in [1.54, 1.807) is 25.1 Å². The molecule has 2 aromatic rings. The predicted molar refractivity (Wildman–Crippen MR) is 76.3 cm³/mol. The third-order valence-corrected chi connectivity index (χ3v) is 3.28. The number of hydrogen-bond donors (Lipinski definition) is 1. The summed E-state index contributed by atoms with van der Waals surface area (Å²) < 4.78 is 13.8. The van der Waals surface area contributed by atoms with Crippen molar-refractivity contribution in [2.75, 3.05) is 11.9 Å². The first-order valence-electron chi connectivity index (χ1n) is 5.76. The van der Waals surface area contributed by atoms with Crippen LogP contribution in [0.2, 0.25) is 10.0 Å². The number of halogens is 3. The van der Waals surface area contributed by atoms with Crippen LogP contribution in [0.15, 0.2) is 18.2 Å². The largest absolute Gasteiger partial charge is 0.368 e. The van der Waals surface area contributed by atoms with Crippen molar-refractivity contribution in [2.45, 2.75) is 13.8 Å². The summed E-state index contributed by atoms with van der Waals surface area (Å²) in [5.74, 6) is 0.162. The van der Waals surface area contributed by atoms with Gasteiger partial charge in [-0.1, -0.05) is 23.2 Å². The zero-order valence-corrected chi connectivity index (χ0v) is 12.0. The molecule has 1 heterocycles. The van der Waals surface area contributed by atoms with E-state index in [1.165, 1.54) is 0 Å². The lowest BCUT2D eigenvalue weighted by molar-refractivity contribution is 0.606. The van der Waals surface area contributed by atoms with Crippen molar-refractivity contribution in [2.24, 2.45) is 0 Å². The zero-order chi connectivity index (χ0) is 14.0. The summed E-state index contributed by atoms with van der Waals surface area (Å²) in [6, 6.07) is 5.07. The van der Waals surface area contributed by atoms with Gasteiger partial charge in [-0.3, -0.25) is 0 Å². The Morgan fingerprint density at radius 1 is 1.21 bits per heavy atom. The van der Waals surface area contributed by atoms with Crippen LogP contribution in [0.3, 0.4) is 0 Å². The van der Waals surface area contributed by atoms with E-state index in [1.807, 2.05) is 6.92 Å². The fraction of sp³-hybridized carbons (Fsp3) is 0.231. The average molecular weight is 300 g/mol. The molecule has 2 rings (SSSR count). The fourth-order valence-electron chi connectivity index (χ4n) is 1.61. The maximum absolute atomic E-state index is 13.8. The molecule has 0 atom stereocenters. The molecule has 0 radical (unpaired) electrons. The van der Waals surface area contributed by atoms with Crippen LogP contribution in [-0.4, -0.2) is 16.5 Å². The second-order valence-electron chi connectivity index (χ2n) is 3.95. The number of aromatic nitrogens is 2. The van der Waals surface area contributed by atoms with Gasteiger partial charge in [0.2, 0.25) is 0 Å². The van der Waals surface area contributed by atoms with Gasteiger partial charge in [0.1, 0.15) is 0 Å². The van der Waals surface area contributed by atoms with E-state index in [0.717, 1.165) is 0 Å². The standard InChI is InChI=1S/C13H12Cl2FN3/c1-3-17-13-11(16)7(2)18-12(19-13)8-4-5-9(14)10(15)6-8/h4-6H,3H2,1-2H3,(H,17,18,19). The summed E-state index contributed by atoms with van der Waals surface area (Å²) in [7, 11) is 0. The van der Waals surface area contributed by atoms with Gasteiger partial charge in [-0.05, 0) is 32.0 Å². The Balaban J connectivity index is 2.52. The minimum Gasteiger partial charge on any atom is -0.368 e. The van der Waals surface area contributed by atoms with Crippen molar-refractivity contribution in [1.82, 2.24) is 9.97 Å². The van der Waals surface area contributed by atoms with Crippen LogP contribution >= 0.6 is 23.2 Å². The Morgan fingerprint density at radius 3 is 2.58 bits per heavy atom. The van der Waals surface area contributed by atoms with Gasteiger partial charge in [0.15, 0.2) is 17.5 Å². The quantitative estimate of drug-likeness (QED) is 0.916. The molecule has 0 aliphatic rings. The molecule has 3 nitrogen and oxygen atoms in total. The normalized spacial score (nSPS) is 10.6. The van der Waals surface area contributed by atoms with E-state index in [2.05, 4.69) is 15.3 Å². The number of nitrogens with one attached hydrogen (secondary N) is 1. The van der Waals surface area contributed by atoms with Crippen molar-refractivity contribution >= 4 is 29.0 Å². The molecule has 6 heteroatoms. The highest BCUT2D eigenvalue weighted by atomic mass is 35.5. The molecule has 1 aromatic carbocycles. The minimum atomic E-state index is -0.439. The van der Waals surface area contributed by atoms with Crippen molar-refractivity contribution in [1.29, 1.82) is 0 Å². The maximum Gasteiger partial charge on any atom is 0.186 e. The first-order chi connectivity index (χ1) is 9.02. The topological polar surface area (TPSA) is 37.8 Å². The fourth-order valence-corrected chi connectivity index (χ4v) is 1.91. The van der Waals surface area contributed by atoms with Crippen molar-refractivity contribution in [3.05, 3.63) is 39.8 Å². The number of anilines is 1. The van der Waals surface area contributed by atoms with Crippen LogP contribution in [0.1, 0.15) is 12.6 Å². The number of aryl methyl sites for hydroxylation is 1. The highest BCUT2D eigenvalue weighted by Crippen LogP contribution is 2.28. The van der Waals surface area contributed by atoms with E-state index in [9.17, 15) is 4.39 Å². The molecule has 100 valence electrons. The van der Waals surface area contributed by atoms with Gasteiger partial charge in [-0.2, -0.15) is 0 Å². The Hall–Kier alpha value is -1.39. The van der Waals surface area contributed by atoms with Gasteiger partial charge < -0.3 is 5.32 Å². The maximum atomic E-state index is 13.8. The summed E-state index contributed by atoms with van der Waals surface area (Å²) in [5.41, 5.74) is 0.976. The molecule has 0 saturated heterocycles. The molecular weight excluding hydrogens is 288 g/mol. The highest BCUT2D eigenvalue weighted by molar-refractivity contribution is 6.42. The van der Waals surface area contributed by atoms with Crippen LogP contribution < -0.4 is 5.32 Å². The highest BCUT2D eigenvalue weighted by Gasteiger charge is 2.12. The zero-order valence-electron chi connectivity index (χ0n) is 10.5. The molecule has 0 aliphatic carbocycles. The molecule has 0 aliphatic heterocycles. The number of benzene rings is 1.